The van der Waals surface area contributed by atoms with Gasteiger partial charge in [-0.25, -0.2) is 0 Å². The number of carboxylic acids is 1. The second kappa shape index (κ2) is 6.97. The van der Waals surface area contributed by atoms with E-state index < -0.39 is 11.5 Å². The molecule has 0 saturated carbocycles. The number of aliphatic carboxylic acids is 1. The first-order chi connectivity index (χ1) is 8.17. The predicted octanol–water partition coefficient (Wildman–Crippen LogP) is 2.13. The van der Waals surface area contributed by atoms with Gasteiger partial charge >= 0.3 is 5.97 Å². The van der Waals surface area contributed by atoms with Crippen molar-refractivity contribution in [3.63, 3.8) is 0 Å². The summed E-state index contributed by atoms with van der Waals surface area (Å²) in [7, 11) is 0. The lowest BCUT2D eigenvalue weighted by Crippen LogP contribution is -2.50. The highest BCUT2D eigenvalue weighted by molar-refractivity contribution is 5.79. The lowest BCUT2D eigenvalue weighted by atomic mass is 9.90. The summed E-state index contributed by atoms with van der Waals surface area (Å²) in [5.41, 5.74) is -0.596. The van der Waals surface area contributed by atoms with E-state index in [1.165, 1.54) is 0 Å². The van der Waals surface area contributed by atoms with Crippen LogP contribution >= 0.6 is 0 Å². The molecule has 1 aliphatic rings. The van der Waals surface area contributed by atoms with Crippen LogP contribution in [0.25, 0.3) is 0 Å². The maximum absolute atomic E-state index is 11.5. The molecule has 4 heteroatoms. The number of likely N-dealkylation sites (tertiary alicyclic amines) is 1. The van der Waals surface area contributed by atoms with Gasteiger partial charge in [0, 0.05) is 19.8 Å². The highest BCUT2D eigenvalue weighted by atomic mass is 16.5. The normalized spacial score (nSPS) is 25.3. The van der Waals surface area contributed by atoms with E-state index in [1.54, 1.807) is 0 Å². The summed E-state index contributed by atoms with van der Waals surface area (Å²) in [5, 5.41) is 9.50. The fourth-order valence-corrected chi connectivity index (χ4v) is 2.81. The van der Waals surface area contributed by atoms with Gasteiger partial charge in [0.15, 0.2) is 0 Å². The van der Waals surface area contributed by atoms with Gasteiger partial charge < -0.3 is 9.84 Å². The summed E-state index contributed by atoms with van der Waals surface area (Å²) >= 11 is 0. The van der Waals surface area contributed by atoms with Crippen molar-refractivity contribution in [2.24, 2.45) is 0 Å². The summed E-state index contributed by atoms with van der Waals surface area (Å²) in [6.45, 7) is 7.26. The van der Waals surface area contributed by atoms with Gasteiger partial charge in [0.1, 0.15) is 5.54 Å². The standard InChI is InChI=1S/C13H25NO3/c1-3-7-13(12(15)16)8-5-9-14(13)10-6-11-17-4-2/h3-11H2,1-2H3,(H,15,16). The first kappa shape index (κ1) is 14.5. The van der Waals surface area contributed by atoms with E-state index in [0.29, 0.717) is 0 Å². The van der Waals surface area contributed by atoms with Crippen LogP contribution < -0.4 is 0 Å². The number of nitrogens with zero attached hydrogens (tertiary/aromatic N) is 1. The molecule has 0 aliphatic carbocycles. The molecule has 1 rings (SSSR count). The molecule has 0 bridgehead atoms. The molecule has 0 aromatic rings. The minimum absolute atomic E-state index is 0.596. The maximum Gasteiger partial charge on any atom is 0.324 e. The Hall–Kier alpha value is -0.610. The molecular weight excluding hydrogens is 218 g/mol. The Balaban J connectivity index is 2.53. The Kier molecular flexibility index (Phi) is 5.92. The van der Waals surface area contributed by atoms with Crippen molar-refractivity contribution in [3.05, 3.63) is 0 Å². The third kappa shape index (κ3) is 3.42. The zero-order valence-electron chi connectivity index (χ0n) is 11.1. The molecular formula is C13H25NO3. The molecule has 1 saturated heterocycles. The van der Waals surface area contributed by atoms with Gasteiger partial charge in [-0.2, -0.15) is 0 Å². The quantitative estimate of drug-likeness (QED) is 0.663. The third-order valence-corrected chi connectivity index (χ3v) is 3.61. The van der Waals surface area contributed by atoms with Crippen molar-refractivity contribution in [2.75, 3.05) is 26.3 Å². The summed E-state index contributed by atoms with van der Waals surface area (Å²) in [4.78, 5) is 13.7. The van der Waals surface area contributed by atoms with Crippen molar-refractivity contribution >= 4 is 5.97 Å². The predicted molar refractivity (Wildman–Crippen MR) is 67.2 cm³/mol. The van der Waals surface area contributed by atoms with Gasteiger partial charge in [-0.3, -0.25) is 9.69 Å². The van der Waals surface area contributed by atoms with Crippen LogP contribution in [0.3, 0.4) is 0 Å². The van der Waals surface area contributed by atoms with Crippen LogP contribution in [-0.4, -0.2) is 47.8 Å². The van der Waals surface area contributed by atoms with Gasteiger partial charge in [-0.05, 0) is 39.2 Å². The average Bonchev–Trinajstić information content (AvgIpc) is 2.70. The molecule has 100 valence electrons. The van der Waals surface area contributed by atoms with Gasteiger partial charge in [0.2, 0.25) is 0 Å². The molecule has 1 fully saturated rings. The van der Waals surface area contributed by atoms with Crippen LogP contribution in [0.1, 0.15) is 46.0 Å². The molecule has 0 radical (unpaired) electrons. The highest BCUT2D eigenvalue weighted by Gasteiger charge is 2.46. The fraction of sp³-hybridized carbons (Fsp3) is 0.923. The van der Waals surface area contributed by atoms with Gasteiger partial charge in [0.25, 0.3) is 0 Å². The molecule has 0 aromatic heterocycles. The average molecular weight is 243 g/mol. The van der Waals surface area contributed by atoms with E-state index in [-0.39, 0.29) is 0 Å². The molecule has 1 unspecified atom stereocenters. The minimum atomic E-state index is -0.645. The zero-order chi connectivity index (χ0) is 12.7. The zero-order valence-corrected chi connectivity index (χ0v) is 11.1. The van der Waals surface area contributed by atoms with Crippen LogP contribution in [0.4, 0.5) is 0 Å². The second-order valence-corrected chi connectivity index (χ2v) is 4.73. The molecule has 4 nitrogen and oxygen atoms in total. The number of carbonyl (C=O) groups is 1. The minimum Gasteiger partial charge on any atom is -0.480 e. The number of carboxylic acid groups (broad SMARTS) is 1. The van der Waals surface area contributed by atoms with Crippen LogP contribution in [0.5, 0.6) is 0 Å². The van der Waals surface area contributed by atoms with Crippen molar-refractivity contribution in [2.45, 2.75) is 51.5 Å². The smallest absolute Gasteiger partial charge is 0.324 e. The van der Waals surface area contributed by atoms with Crippen molar-refractivity contribution in [1.82, 2.24) is 4.90 Å². The number of hydrogen-bond acceptors (Lipinski definition) is 3. The molecule has 1 aliphatic heterocycles. The second-order valence-electron chi connectivity index (χ2n) is 4.73. The van der Waals surface area contributed by atoms with E-state index >= 15 is 0 Å². The van der Waals surface area contributed by atoms with Crippen LogP contribution in [0.2, 0.25) is 0 Å². The monoisotopic (exact) mass is 243 g/mol. The lowest BCUT2D eigenvalue weighted by Gasteiger charge is -2.34. The molecule has 0 amide bonds. The van der Waals surface area contributed by atoms with Crippen molar-refractivity contribution < 1.29 is 14.6 Å². The van der Waals surface area contributed by atoms with E-state index in [9.17, 15) is 9.90 Å². The molecule has 1 atom stereocenters. The molecule has 17 heavy (non-hydrogen) atoms. The SMILES string of the molecule is CCCC1(C(=O)O)CCCN1CCCOCC. The first-order valence-electron chi connectivity index (χ1n) is 6.73. The van der Waals surface area contributed by atoms with E-state index in [1.807, 2.05) is 6.92 Å². The van der Waals surface area contributed by atoms with E-state index in [0.717, 1.165) is 58.4 Å². The topological polar surface area (TPSA) is 49.8 Å². The van der Waals surface area contributed by atoms with Crippen molar-refractivity contribution in [1.29, 1.82) is 0 Å². The Morgan fingerprint density at radius 1 is 1.47 bits per heavy atom. The van der Waals surface area contributed by atoms with Crippen LogP contribution in [0, 0.1) is 0 Å². The van der Waals surface area contributed by atoms with Crippen molar-refractivity contribution in [3.8, 4) is 0 Å². The summed E-state index contributed by atoms with van der Waals surface area (Å²) < 4.78 is 5.31. The summed E-state index contributed by atoms with van der Waals surface area (Å²) in [6.07, 6.45) is 4.41. The van der Waals surface area contributed by atoms with Crippen LogP contribution in [-0.2, 0) is 9.53 Å². The number of ether oxygens (including phenoxy) is 1. The van der Waals surface area contributed by atoms with Gasteiger partial charge in [-0.1, -0.05) is 13.3 Å². The number of hydrogen-bond donors (Lipinski definition) is 1. The van der Waals surface area contributed by atoms with E-state index in [2.05, 4.69) is 11.8 Å². The van der Waals surface area contributed by atoms with Gasteiger partial charge in [-0.15, -0.1) is 0 Å². The summed E-state index contributed by atoms with van der Waals surface area (Å²) in [5.74, 6) is -0.645. The molecule has 1 heterocycles. The maximum atomic E-state index is 11.5. The lowest BCUT2D eigenvalue weighted by molar-refractivity contribution is -0.150. The third-order valence-electron chi connectivity index (χ3n) is 3.61. The Bertz CT molecular complexity index is 245. The first-order valence-corrected chi connectivity index (χ1v) is 6.73. The Morgan fingerprint density at radius 2 is 2.24 bits per heavy atom. The summed E-state index contributed by atoms with van der Waals surface area (Å²) in [6, 6.07) is 0. The molecule has 1 N–H and O–H groups in total. The van der Waals surface area contributed by atoms with Gasteiger partial charge in [0.05, 0.1) is 0 Å². The Labute approximate surface area is 104 Å². The molecule has 0 aromatic carbocycles. The largest absolute Gasteiger partial charge is 0.480 e. The highest BCUT2D eigenvalue weighted by Crippen LogP contribution is 2.33. The van der Waals surface area contributed by atoms with Crippen LogP contribution in [0.15, 0.2) is 0 Å². The van der Waals surface area contributed by atoms with E-state index in [4.69, 9.17) is 4.74 Å². The molecule has 0 spiro atoms. The number of rotatable bonds is 8. The Morgan fingerprint density at radius 3 is 2.82 bits per heavy atom. The fourth-order valence-electron chi connectivity index (χ4n) is 2.81.